The zero-order valence-electron chi connectivity index (χ0n) is 20.8. The van der Waals surface area contributed by atoms with Gasteiger partial charge in [0, 0.05) is 13.1 Å². The van der Waals surface area contributed by atoms with Gasteiger partial charge in [-0.25, -0.2) is 0 Å². The van der Waals surface area contributed by atoms with Crippen molar-refractivity contribution in [1.29, 1.82) is 0 Å². The van der Waals surface area contributed by atoms with E-state index in [9.17, 15) is 9.59 Å². The molecule has 2 heterocycles. The van der Waals surface area contributed by atoms with Crippen molar-refractivity contribution in [1.82, 2.24) is 9.80 Å². The molecule has 1 atom stereocenters. The smallest absolute Gasteiger partial charge is 0.290 e. The maximum absolute atomic E-state index is 13.7. The number of carbonyl (C=O) groups is 1. The highest BCUT2D eigenvalue weighted by atomic mass is 16.5. The number of carbonyl (C=O) groups excluding carboxylic acids is 1. The molecule has 34 heavy (non-hydrogen) atoms. The lowest BCUT2D eigenvalue weighted by molar-refractivity contribution is 0.0716. The molecule has 1 unspecified atom stereocenters. The Labute approximate surface area is 201 Å². The second kappa shape index (κ2) is 10.0. The Balaban J connectivity index is 1.76. The van der Waals surface area contributed by atoms with E-state index in [0.29, 0.717) is 36.2 Å². The van der Waals surface area contributed by atoms with Crippen molar-refractivity contribution < 1.29 is 13.9 Å². The number of fused-ring (bicyclic) bond motifs is 2. The molecule has 4 rings (SSSR count). The van der Waals surface area contributed by atoms with Crippen LogP contribution >= 0.6 is 0 Å². The van der Waals surface area contributed by atoms with Gasteiger partial charge in [0.15, 0.2) is 5.43 Å². The Hall–Kier alpha value is -3.12. The monoisotopic (exact) mass is 462 g/mol. The van der Waals surface area contributed by atoms with Crippen LogP contribution < -0.4 is 10.2 Å². The van der Waals surface area contributed by atoms with Crippen LogP contribution in [-0.2, 0) is 0 Å². The molecule has 3 aromatic rings. The second-order valence-electron chi connectivity index (χ2n) is 9.44. The van der Waals surface area contributed by atoms with Crippen LogP contribution in [0.1, 0.15) is 65.0 Å². The summed E-state index contributed by atoms with van der Waals surface area (Å²) in [4.78, 5) is 30.9. The van der Waals surface area contributed by atoms with Crippen LogP contribution in [0.2, 0.25) is 0 Å². The van der Waals surface area contributed by atoms with Crippen LogP contribution in [0.5, 0.6) is 5.75 Å². The first-order valence-corrected chi connectivity index (χ1v) is 12.1. The van der Waals surface area contributed by atoms with Crippen LogP contribution in [0.4, 0.5) is 0 Å². The van der Waals surface area contributed by atoms with Crippen molar-refractivity contribution in [2.24, 2.45) is 0 Å². The Morgan fingerprint density at radius 1 is 1.03 bits per heavy atom. The summed E-state index contributed by atoms with van der Waals surface area (Å²) in [5, 5.41) is 0.519. The zero-order chi connectivity index (χ0) is 24.4. The van der Waals surface area contributed by atoms with Gasteiger partial charge in [-0.15, -0.1) is 0 Å². The van der Waals surface area contributed by atoms with Gasteiger partial charge in [-0.2, -0.15) is 0 Å². The van der Waals surface area contributed by atoms with Gasteiger partial charge in [-0.05, 0) is 75.3 Å². The molecule has 1 aliphatic rings. The fourth-order valence-electron chi connectivity index (χ4n) is 4.45. The number of aryl methyl sites for hydroxylation is 2. The van der Waals surface area contributed by atoms with E-state index in [1.165, 1.54) is 0 Å². The van der Waals surface area contributed by atoms with Gasteiger partial charge in [-0.1, -0.05) is 31.9 Å². The minimum Gasteiger partial charge on any atom is -0.494 e. The van der Waals surface area contributed by atoms with Crippen LogP contribution in [0.3, 0.4) is 0 Å². The summed E-state index contributed by atoms with van der Waals surface area (Å²) in [6, 6.07) is 11.0. The first-order valence-electron chi connectivity index (χ1n) is 12.1. The third-order valence-electron chi connectivity index (χ3n) is 6.58. The third-order valence-corrected chi connectivity index (χ3v) is 6.58. The van der Waals surface area contributed by atoms with Crippen molar-refractivity contribution in [3.63, 3.8) is 0 Å². The molecule has 6 nitrogen and oxygen atoms in total. The van der Waals surface area contributed by atoms with Gasteiger partial charge in [-0.3, -0.25) is 9.59 Å². The third kappa shape index (κ3) is 4.60. The Kier molecular flexibility index (Phi) is 7.08. The molecule has 0 spiro atoms. The fourth-order valence-corrected chi connectivity index (χ4v) is 4.45. The van der Waals surface area contributed by atoms with E-state index in [0.717, 1.165) is 41.7 Å². The molecule has 0 saturated heterocycles. The number of unbranched alkanes of at least 4 members (excludes halogenated alkanes) is 2. The second-order valence-corrected chi connectivity index (χ2v) is 9.44. The van der Waals surface area contributed by atoms with E-state index in [4.69, 9.17) is 9.15 Å². The Morgan fingerprint density at radius 2 is 1.74 bits per heavy atom. The molecule has 6 heteroatoms. The molecule has 0 N–H and O–H groups in total. The zero-order valence-corrected chi connectivity index (χ0v) is 20.8. The molecule has 1 aromatic heterocycles. The molecule has 0 bridgehead atoms. The van der Waals surface area contributed by atoms with E-state index in [-0.39, 0.29) is 17.1 Å². The maximum Gasteiger partial charge on any atom is 0.290 e. The van der Waals surface area contributed by atoms with Crippen molar-refractivity contribution >= 4 is 16.9 Å². The predicted octanol–water partition coefficient (Wildman–Crippen LogP) is 5.09. The SMILES string of the molecule is CCCCCOc1ccc(C2c3c(oc4cc(C)c(C)cc4c3=O)C(=O)N2CCN(C)C)cc1. The summed E-state index contributed by atoms with van der Waals surface area (Å²) in [7, 11) is 3.94. The lowest BCUT2D eigenvalue weighted by Gasteiger charge is -2.26. The van der Waals surface area contributed by atoms with E-state index in [1.54, 1.807) is 4.90 Å². The maximum atomic E-state index is 13.7. The quantitative estimate of drug-likeness (QED) is 0.415. The van der Waals surface area contributed by atoms with E-state index in [2.05, 4.69) is 6.92 Å². The first kappa shape index (κ1) is 24.0. The Morgan fingerprint density at radius 3 is 2.41 bits per heavy atom. The number of hydrogen-bond acceptors (Lipinski definition) is 5. The highest BCUT2D eigenvalue weighted by Crippen LogP contribution is 2.38. The van der Waals surface area contributed by atoms with Gasteiger partial charge >= 0.3 is 0 Å². The molecule has 1 amide bonds. The lowest BCUT2D eigenvalue weighted by Crippen LogP contribution is -2.35. The summed E-state index contributed by atoms with van der Waals surface area (Å²) in [5.41, 5.74) is 3.68. The van der Waals surface area contributed by atoms with Crippen molar-refractivity contribution in [3.05, 3.63) is 74.6 Å². The normalized spacial score (nSPS) is 15.4. The van der Waals surface area contributed by atoms with Gasteiger partial charge in [0.25, 0.3) is 5.91 Å². The minimum atomic E-state index is -0.487. The average Bonchev–Trinajstić information content (AvgIpc) is 3.09. The Bertz CT molecular complexity index is 1240. The number of amides is 1. The van der Waals surface area contributed by atoms with Gasteiger partial charge < -0.3 is 19.0 Å². The summed E-state index contributed by atoms with van der Waals surface area (Å²) >= 11 is 0. The largest absolute Gasteiger partial charge is 0.494 e. The molecule has 2 aromatic carbocycles. The number of likely N-dealkylation sites (N-methyl/N-ethyl adjacent to an activating group) is 1. The average molecular weight is 463 g/mol. The minimum absolute atomic E-state index is 0.134. The number of rotatable bonds is 9. The fraction of sp³-hybridized carbons (Fsp3) is 0.429. The molecule has 1 aliphatic heterocycles. The van der Waals surface area contributed by atoms with Gasteiger partial charge in [0.2, 0.25) is 5.76 Å². The number of benzene rings is 2. The van der Waals surface area contributed by atoms with Gasteiger partial charge in [0.05, 0.1) is 23.6 Å². The predicted molar refractivity (Wildman–Crippen MR) is 135 cm³/mol. The van der Waals surface area contributed by atoms with E-state index >= 15 is 0 Å². The van der Waals surface area contributed by atoms with E-state index in [1.807, 2.05) is 69.2 Å². The van der Waals surface area contributed by atoms with Crippen LogP contribution in [0.15, 0.2) is 45.6 Å². The standard InChI is InChI=1S/C28H34N2O4/c1-6-7-8-15-33-21-11-9-20(10-12-21)25-24-26(31)22-16-18(2)19(3)17-23(22)34-27(24)28(32)30(25)14-13-29(4)5/h9-12,16-17,25H,6-8,13-15H2,1-5H3. The van der Waals surface area contributed by atoms with Crippen molar-refractivity contribution in [3.8, 4) is 5.75 Å². The van der Waals surface area contributed by atoms with Crippen LogP contribution in [-0.4, -0.2) is 49.5 Å². The summed E-state index contributed by atoms with van der Waals surface area (Å²) in [6.45, 7) is 7.97. The summed E-state index contributed by atoms with van der Waals surface area (Å²) in [6.07, 6.45) is 3.31. The highest BCUT2D eigenvalue weighted by molar-refractivity contribution is 5.99. The summed E-state index contributed by atoms with van der Waals surface area (Å²) in [5.74, 6) is 0.712. The highest BCUT2D eigenvalue weighted by Gasteiger charge is 2.42. The lowest BCUT2D eigenvalue weighted by atomic mass is 9.97. The number of hydrogen-bond donors (Lipinski definition) is 0. The molecule has 0 saturated carbocycles. The number of nitrogens with zero attached hydrogens (tertiary/aromatic N) is 2. The van der Waals surface area contributed by atoms with Crippen LogP contribution in [0.25, 0.3) is 11.0 Å². The molecule has 180 valence electrons. The van der Waals surface area contributed by atoms with E-state index < -0.39 is 6.04 Å². The summed E-state index contributed by atoms with van der Waals surface area (Å²) < 4.78 is 12.0. The number of ether oxygens (including phenoxy) is 1. The van der Waals surface area contributed by atoms with Gasteiger partial charge in [0.1, 0.15) is 11.3 Å². The molecular formula is C28H34N2O4. The topological polar surface area (TPSA) is 63.0 Å². The van der Waals surface area contributed by atoms with Crippen molar-refractivity contribution in [2.75, 3.05) is 33.8 Å². The molecule has 0 fully saturated rings. The van der Waals surface area contributed by atoms with Crippen molar-refractivity contribution in [2.45, 2.75) is 46.1 Å². The molecule has 0 radical (unpaired) electrons. The first-order chi connectivity index (χ1) is 16.3. The van der Waals surface area contributed by atoms with Crippen LogP contribution in [0, 0.1) is 13.8 Å². The molecular weight excluding hydrogens is 428 g/mol. The molecule has 0 aliphatic carbocycles.